The fraction of sp³-hybridized carbons (Fsp3) is 0.308. The van der Waals surface area contributed by atoms with Crippen LogP contribution in [0.3, 0.4) is 0 Å². The molecule has 0 aliphatic rings. The van der Waals surface area contributed by atoms with Crippen molar-refractivity contribution < 1.29 is 9.90 Å². The van der Waals surface area contributed by atoms with Crippen LogP contribution in [-0.4, -0.2) is 20.6 Å². The summed E-state index contributed by atoms with van der Waals surface area (Å²) in [6.45, 7) is 5.98. The number of carboxylic acids is 1. The minimum atomic E-state index is -1.20. The number of nitrogens with zero attached hydrogens (tertiary/aromatic N) is 2. The Morgan fingerprint density at radius 2 is 2.05 bits per heavy atom. The first-order chi connectivity index (χ1) is 8.90. The summed E-state index contributed by atoms with van der Waals surface area (Å²) < 4.78 is 1.45. The number of carbonyl (C=O) groups is 1. The van der Waals surface area contributed by atoms with Gasteiger partial charge in [-0.3, -0.25) is 4.79 Å². The van der Waals surface area contributed by atoms with E-state index >= 15 is 0 Å². The number of rotatable bonds is 3. The van der Waals surface area contributed by atoms with Crippen molar-refractivity contribution in [3.05, 3.63) is 49.3 Å². The van der Waals surface area contributed by atoms with Gasteiger partial charge in [-0.1, -0.05) is 0 Å². The monoisotopic (exact) mass is 278 g/mol. The molecule has 1 N–H and O–H groups in total. The lowest BCUT2D eigenvalue weighted by molar-refractivity contribution is 0.0694. The quantitative estimate of drug-likeness (QED) is 0.931. The molecule has 0 amide bonds. The Kier molecular flexibility index (Phi) is 3.53. The highest BCUT2D eigenvalue weighted by molar-refractivity contribution is 7.11. The lowest BCUT2D eigenvalue weighted by atomic mass is 10.2. The number of thiazole rings is 1. The molecule has 0 aliphatic heterocycles. The van der Waals surface area contributed by atoms with Crippen LogP contribution in [0, 0.1) is 20.8 Å². The van der Waals surface area contributed by atoms with E-state index in [1.165, 1.54) is 22.0 Å². The van der Waals surface area contributed by atoms with Crippen LogP contribution in [0.1, 0.15) is 31.6 Å². The lowest BCUT2D eigenvalue weighted by Crippen LogP contribution is -2.28. The molecule has 2 heterocycles. The van der Waals surface area contributed by atoms with Crippen molar-refractivity contribution in [1.29, 1.82) is 0 Å². The maximum Gasteiger partial charge on any atom is 0.341 e. The maximum absolute atomic E-state index is 12.1. The first kappa shape index (κ1) is 13.5. The van der Waals surface area contributed by atoms with Crippen molar-refractivity contribution in [2.24, 2.45) is 0 Å². The molecule has 0 fully saturated rings. The minimum absolute atomic E-state index is 0.212. The van der Waals surface area contributed by atoms with E-state index in [-0.39, 0.29) is 5.56 Å². The number of hydrogen-bond donors (Lipinski definition) is 1. The molecule has 0 atom stereocenters. The van der Waals surface area contributed by atoms with Gasteiger partial charge in [-0.2, -0.15) is 0 Å². The summed E-state index contributed by atoms with van der Waals surface area (Å²) in [5.74, 6) is -1.20. The van der Waals surface area contributed by atoms with E-state index < -0.39 is 11.5 Å². The summed E-state index contributed by atoms with van der Waals surface area (Å²) in [5.41, 5.74) is 0.967. The highest BCUT2D eigenvalue weighted by atomic mass is 32.1. The van der Waals surface area contributed by atoms with E-state index in [2.05, 4.69) is 4.98 Å². The molecular formula is C13H14N2O3S. The van der Waals surface area contributed by atoms with E-state index in [1.807, 2.05) is 13.8 Å². The summed E-state index contributed by atoms with van der Waals surface area (Å²) in [4.78, 5) is 28.5. The third-order valence-electron chi connectivity index (χ3n) is 2.99. The van der Waals surface area contributed by atoms with Crippen LogP contribution in [0.25, 0.3) is 0 Å². The van der Waals surface area contributed by atoms with E-state index in [0.29, 0.717) is 6.54 Å². The van der Waals surface area contributed by atoms with Gasteiger partial charge in [0.15, 0.2) is 0 Å². The van der Waals surface area contributed by atoms with E-state index in [4.69, 9.17) is 5.11 Å². The van der Waals surface area contributed by atoms with Crippen LogP contribution in [0.15, 0.2) is 16.9 Å². The smallest absolute Gasteiger partial charge is 0.341 e. The average Bonchev–Trinajstić information content (AvgIpc) is 2.63. The Balaban J connectivity index is 2.47. The number of hydrogen-bond acceptors (Lipinski definition) is 4. The molecule has 19 heavy (non-hydrogen) atoms. The Labute approximate surface area is 114 Å². The first-order valence-corrected chi connectivity index (χ1v) is 6.58. The fourth-order valence-electron chi connectivity index (χ4n) is 1.77. The summed E-state index contributed by atoms with van der Waals surface area (Å²) in [5, 5.41) is 9.78. The molecule has 0 spiro atoms. The van der Waals surface area contributed by atoms with Crippen LogP contribution in [-0.2, 0) is 6.54 Å². The van der Waals surface area contributed by atoms with Gasteiger partial charge in [0, 0.05) is 10.6 Å². The highest BCUT2D eigenvalue weighted by Crippen LogP contribution is 2.17. The molecule has 0 saturated heterocycles. The first-order valence-electron chi connectivity index (χ1n) is 5.76. The SMILES string of the molecule is Cc1nc(Cn2c(C)ccc(C(=O)O)c2=O)sc1C. The average molecular weight is 278 g/mol. The second kappa shape index (κ2) is 4.97. The van der Waals surface area contributed by atoms with Crippen molar-refractivity contribution in [3.8, 4) is 0 Å². The number of aryl methyl sites for hydroxylation is 3. The molecule has 0 aromatic carbocycles. The van der Waals surface area contributed by atoms with Crippen LogP contribution in [0.5, 0.6) is 0 Å². The summed E-state index contributed by atoms with van der Waals surface area (Å²) >= 11 is 1.52. The largest absolute Gasteiger partial charge is 0.477 e. The Bertz CT molecular complexity index is 681. The van der Waals surface area contributed by atoms with E-state index in [1.54, 1.807) is 13.0 Å². The predicted molar refractivity (Wildman–Crippen MR) is 73.1 cm³/mol. The van der Waals surface area contributed by atoms with E-state index in [0.717, 1.165) is 21.3 Å². The molecule has 5 nitrogen and oxygen atoms in total. The van der Waals surface area contributed by atoms with Crippen LogP contribution >= 0.6 is 11.3 Å². The molecule has 6 heteroatoms. The van der Waals surface area contributed by atoms with Crippen molar-refractivity contribution in [2.75, 3.05) is 0 Å². The fourth-order valence-corrected chi connectivity index (χ4v) is 2.70. The van der Waals surface area contributed by atoms with Crippen molar-refractivity contribution in [1.82, 2.24) is 9.55 Å². The van der Waals surface area contributed by atoms with Gasteiger partial charge in [0.1, 0.15) is 10.6 Å². The Morgan fingerprint density at radius 3 is 2.58 bits per heavy atom. The van der Waals surface area contributed by atoms with E-state index in [9.17, 15) is 9.59 Å². The Morgan fingerprint density at radius 1 is 1.37 bits per heavy atom. The van der Waals surface area contributed by atoms with Crippen LogP contribution in [0.4, 0.5) is 0 Å². The third-order valence-corrected chi connectivity index (χ3v) is 4.05. The Hall–Kier alpha value is -1.95. The van der Waals surface area contributed by atoms with Gasteiger partial charge in [0.25, 0.3) is 5.56 Å². The summed E-state index contributed by atoms with van der Waals surface area (Å²) in [6, 6.07) is 2.98. The number of pyridine rings is 1. The number of carboxylic acid groups (broad SMARTS) is 1. The standard InChI is InChI=1S/C13H14N2O3S/c1-7-4-5-10(13(17)18)12(16)15(7)6-11-14-8(2)9(3)19-11/h4-5H,6H2,1-3H3,(H,17,18). The second-order valence-corrected chi connectivity index (χ2v) is 5.62. The molecule has 0 aliphatic carbocycles. The molecular weight excluding hydrogens is 264 g/mol. The van der Waals surface area contributed by atoms with Gasteiger partial charge in [-0.05, 0) is 32.9 Å². The maximum atomic E-state index is 12.1. The van der Waals surface area contributed by atoms with Crippen LogP contribution in [0.2, 0.25) is 0 Å². The zero-order valence-electron chi connectivity index (χ0n) is 10.9. The lowest BCUT2D eigenvalue weighted by Gasteiger charge is -2.08. The molecule has 0 unspecified atom stereocenters. The van der Waals surface area contributed by atoms with Gasteiger partial charge < -0.3 is 9.67 Å². The third kappa shape index (κ3) is 2.58. The topological polar surface area (TPSA) is 72.2 Å². The van der Waals surface area contributed by atoms with Gasteiger partial charge in [0.2, 0.25) is 0 Å². The molecule has 0 saturated carbocycles. The highest BCUT2D eigenvalue weighted by Gasteiger charge is 2.14. The molecule has 0 bridgehead atoms. The van der Waals surface area contributed by atoms with Gasteiger partial charge in [0.05, 0.1) is 12.2 Å². The van der Waals surface area contributed by atoms with Crippen molar-refractivity contribution in [3.63, 3.8) is 0 Å². The molecule has 2 rings (SSSR count). The number of aromatic nitrogens is 2. The summed E-state index contributed by atoms with van der Waals surface area (Å²) in [6.07, 6.45) is 0. The van der Waals surface area contributed by atoms with Crippen molar-refractivity contribution in [2.45, 2.75) is 27.3 Å². The zero-order chi connectivity index (χ0) is 14.2. The van der Waals surface area contributed by atoms with Gasteiger partial charge in [-0.25, -0.2) is 9.78 Å². The van der Waals surface area contributed by atoms with Gasteiger partial charge >= 0.3 is 5.97 Å². The van der Waals surface area contributed by atoms with Crippen molar-refractivity contribution >= 4 is 17.3 Å². The second-order valence-electron chi connectivity index (χ2n) is 4.33. The molecule has 100 valence electrons. The minimum Gasteiger partial charge on any atom is -0.477 e. The predicted octanol–water partition coefficient (Wildman–Crippen LogP) is 1.98. The summed E-state index contributed by atoms with van der Waals surface area (Å²) in [7, 11) is 0. The van der Waals surface area contributed by atoms with Crippen LogP contribution < -0.4 is 5.56 Å². The molecule has 0 radical (unpaired) electrons. The normalized spacial score (nSPS) is 10.7. The molecule has 2 aromatic rings. The number of aromatic carboxylic acids is 1. The molecule has 2 aromatic heterocycles. The zero-order valence-corrected chi connectivity index (χ0v) is 11.7. The van der Waals surface area contributed by atoms with Gasteiger partial charge in [-0.15, -0.1) is 11.3 Å².